The first-order chi connectivity index (χ1) is 6.97. The fourth-order valence-corrected chi connectivity index (χ4v) is 6.94. The van der Waals surface area contributed by atoms with Gasteiger partial charge in [-0.15, -0.1) is 0 Å². The average molecular weight is 281 g/mol. The van der Waals surface area contributed by atoms with E-state index in [1.165, 1.54) is 0 Å². The van der Waals surface area contributed by atoms with Crippen molar-refractivity contribution in [2.24, 2.45) is 5.41 Å². The Kier molecular flexibility index (Phi) is 6.31. The zero-order valence-electron chi connectivity index (χ0n) is 12.1. The Morgan fingerprint density at radius 2 is 1.56 bits per heavy atom. The van der Waals surface area contributed by atoms with E-state index in [0.29, 0.717) is 0 Å². The van der Waals surface area contributed by atoms with Crippen LogP contribution >= 0.6 is 11.2 Å². The molecule has 0 radical (unpaired) electrons. The first-order valence-electron chi connectivity index (χ1n) is 5.81. The summed E-state index contributed by atoms with van der Waals surface area (Å²) in [5.41, 5.74) is 0.279. The first kappa shape index (κ1) is 16.7. The van der Waals surface area contributed by atoms with E-state index in [9.17, 15) is 0 Å². The van der Waals surface area contributed by atoms with Gasteiger partial charge in [0.1, 0.15) is 7.22 Å². The van der Waals surface area contributed by atoms with Gasteiger partial charge in [-0.1, -0.05) is 40.4 Å². The van der Waals surface area contributed by atoms with E-state index >= 15 is 0 Å². The Labute approximate surface area is 107 Å². The molecule has 0 rings (SSSR count). The molecule has 5 heteroatoms. The number of rotatable bonds is 6. The minimum atomic E-state index is -1.96. The third-order valence-electron chi connectivity index (χ3n) is 2.14. The molecule has 0 aliphatic carbocycles. The summed E-state index contributed by atoms with van der Waals surface area (Å²) < 4.78 is 11.7. The second-order valence-corrected chi connectivity index (χ2v) is 19.2. The lowest BCUT2D eigenvalue weighted by Gasteiger charge is -2.32. The standard InChI is InChI=1S/C11H28O2SSi2/c1-11(2,3)9-16(8,12-4)13-10-14-15(5,6)7/h9-10H2,1-8H3. The van der Waals surface area contributed by atoms with Gasteiger partial charge in [-0.25, -0.2) is 0 Å². The van der Waals surface area contributed by atoms with Crippen LogP contribution in [-0.4, -0.2) is 28.8 Å². The van der Waals surface area contributed by atoms with Crippen molar-refractivity contribution in [3.63, 3.8) is 0 Å². The monoisotopic (exact) mass is 280 g/mol. The van der Waals surface area contributed by atoms with Crippen LogP contribution in [-0.2, 0) is 8.85 Å². The van der Waals surface area contributed by atoms with Crippen molar-refractivity contribution in [3.05, 3.63) is 0 Å². The van der Waals surface area contributed by atoms with Crippen molar-refractivity contribution in [2.75, 3.05) is 13.0 Å². The summed E-state index contributed by atoms with van der Waals surface area (Å²) in [5, 5.41) is 0. The van der Waals surface area contributed by atoms with Gasteiger partial charge >= 0.3 is 8.56 Å². The van der Waals surface area contributed by atoms with Gasteiger partial charge in [0.25, 0.3) is 0 Å². The number of hydrogen-bond acceptors (Lipinski definition) is 3. The van der Waals surface area contributed by atoms with Crippen LogP contribution in [0.1, 0.15) is 20.8 Å². The van der Waals surface area contributed by atoms with Crippen LogP contribution in [0.5, 0.6) is 0 Å². The van der Waals surface area contributed by atoms with Gasteiger partial charge in [-0.05, 0) is 18.0 Å². The molecule has 0 spiro atoms. The molecular formula is C11H28O2SSi2. The molecule has 0 amide bonds. The van der Waals surface area contributed by atoms with Gasteiger partial charge in [0, 0.05) is 7.11 Å². The molecule has 2 nitrogen and oxygen atoms in total. The van der Waals surface area contributed by atoms with Crippen molar-refractivity contribution in [1.82, 2.24) is 0 Å². The molecule has 1 unspecified atom stereocenters. The van der Waals surface area contributed by atoms with Crippen LogP contribution in [0.15, 0.2) is 0 Å². The third kappa shape index (κ3) is 8.81. The van der Waals surface area contributed by atoms with Gasteiger partial charge in [-0.3, -0.25) is 0 Å². The van der Waals surface area contributed by atoms with Crippen LogP contribution in [0.2, 0.25) is 32.2 Å². The summed E-state index contributed by atoms with van der Waals surface area (Å²) in [5.74, 6) is 0.794. The quantitative estimate of drug-likeness (QED) is 0.534. The summed E-state index contributed by atoms with van der Waals surface area (Å²) in [6, 6.07) is 1.04. The van der Waals surface area contributed by atoms with E-state index in [1.807, 2.05) is 11.2 Å². The Bertz CT molecular complexity index is 211. The van der Waals surface area contributed by atoms with Crippen molar-refractivity contribution in [3.8, 4) is 0 Å². The Hall–Kier alpha value is 0.704. The minimum Gasteiger partial charge on any atom is -0.398 e. The molecule has 0 saturated carbocycles. The van der Waals surface area contributed by atoms with Crippen LogP contribution < -0.4 is 0 Å². The van der Waals surface area contributed by atoms with Gasteiger partial charge in [-0.2, -0.15) is 11.2 Å². The highest BCUT2D eigenvalue weighted by Crippen LogP contribution is 2.30. The van der Waals surface area contributed by atoms with E-state index < -0.39 is 15.8 Å². The minimum absolute atomic E-state index is 0.279. The normalized spacial score (nSPS) is 17.2. The topological polar surface area (TPSA) is 18.5 Å². The van der Waals surface area contributed by atoms with E-state index in [1.54, 1.807) is 7.11 Å². The Morgan fingerprint density at radius 3 is 1.88 bits per heavy atom. The zero-order valence-corrected chi connectivity index (χ0v) is 15.0. The average Bonchev–Trinajstić information content (AvgIpc) is 1.98. The molecule has 0 aromatic carbocycles. The van der Waals surface area contributed by atoms with E-state index in [4.69, 9.17) is 8.85 Å². The highest BCUT2D eigenvalue weighted by molar-refractivity contribution is 8.28. The highest BCUT2D eigenvalue weighted by atomic mass is 32.4. The molecule has 16 heavy (non-hydrogen) atoms. The summed E-state index contributed by atoms with van der Waals surface area (Å²) in [7, 11) is -1.24. The number of hydrogen-bond donors (Lipinski definition) is 0. The second-order valence-electron chi connectivity index (χ2n) is 6.59. The first-order valence-corrected chi connectivity index (χ1v) is 13.5. The van der Waals surface area contributed by atoms with Crippen LogP contribution in [0.3, 0.4) is 0 Å². The second kappa shape index (κ2) is 6.04. The maximum Gasteiger partial charge on any atom is 0.335 e. The molecular weight excluding hydrogens is 252 g/mol. The van der Waals surface area contributed by atoms with E-state index in [2.05, 4.69) is 47.0 Å². The Balaban J connectivity index is 4.18. The predicted octanol–water partition coefficient (Wildman–Crippen LogP) is 4.29. The molecule has 0 saturated heterocycles. The summed E-state index contributed by atoms with van der Waals surface area (Å²) in [6.45, 7) is 15.9. The molecule has 0 heterocycles. The predicted molar refractivity (Wildman–Crippen MR) is 79.8 cm³/mol. The molecule has 0 bridgehead atoms. The molecule has 0 aliphatic heterocycles. The molecule has 0 aliphatic rings. The molecule has 98 valence electrons. The van der Waals surface area contributed by atoms with Gasteiger partial charge in [0.2, 0.25) is 0 Å². The molecule has 0 aromatic heterocycles. The van der Waals surface area contributed by atoms with Crippen molar-refractivity contribution < 1.29 is 8.85 Å². The van der Waals surface area contributed by atoms with Crippen molar-refractivity contribution in [2.45, 2.75) is 53.0 Å². The largest absolute Gasteiger partial charge is 0.398 e. The smallest absolute Gasteiger partial charge is 0.335 e. The third-order valence-corrected chi connectivity index (χ3v) is 9.72. The van der Waals surface area contributed by atoms with Crippen LogP contribution in [0.25, 0.3) is 0 Å². The summed E-state index contributed by atoms with van der Waals surface area (Å²) in [6.07, 6.45) is 0. The van der Waals surface area contributed by atoms with Crippen LogP contribution in [0.4, 0.5) is 0 Å². The molecule has 0 fully saturated rings. The van der Waals surface area contributed by atoms with Gasteiger partial charge in [0.05, 0.1) is 5.94 Å². The van der Waals surface area contributed by atoms with Gasteiger partial charge < -0.3 is 8.85 Å². The molecule has 0 N–H and O–H groups in total. The van der Waals surface area contributed by atoms with Crippen molar-refractivity contribution >= 4 is 27.0 Å². The van der Waals surface area contributed by atoms with Crippen LogP contribution in [0, 0.1) is 5.41 Å². The van der Waals surface area contributed by atoms with Gasteiger partial charge in [0.15, 0.2) is 0 Å². The molecule has 1 atom stereocenters. The maximum atomic E-state index is 6.05. The summed E-state index contributed by atoms with van der Waals surface area (Å²) >= 11 is 1.97. The SMILES string of the molecule is CO[Si](C)(CC(C)(C)C)OCS[Si](C)(C)C. The highest BCUT2D eigenvalue weighted by Gasteiger charge is 2.35. The molecule has 0 aromatic rings. The maximum absolute atomic E-state index is 6.05. The zero-order chi connectivity index (χ0) is 13.0. The Morgan fingerprint density at radius 1 is 1.06 bits per heavy atom. The lowest BCUT2D eigenvalue weighted by molar-refractivity contribution is 0.224. The fourth-order valence-electron chi connectivity index (χ4n) is 1.48. The lowest BCUT2D eigenvalue weighted by Crippen LogP contribution is -2.41. The van der Waals surface area contributed by atoms with E-state index in [0.717, 1.165) is 12.0 Å². The van der Waals surface area contributed by atoms with Crippen molar-refractivity contribution in [1.29, 1.82) is 0 Å². The lowest BCUT2D eigenvalue weighted by atomic mass is 10.0. The summed E-state index contributed by atoms with van der Waals surface area (Å²) in [4.78, 5) is 0. The van der Waals surface area contributed by atoms with E-state index in [-0.39, 0.29) is 5.41 Å². The fraction of sp³-hybridized carbons (Fsp3) is 1.00.